The van der Waals surface area contributed by atoms with E-state index in [-0.39, 0.29) is 11.3 Å². The quantitative estimate of drug-likeness (QED) is 0.577. The highest BCUT2D eigenvalue weighted by molar-refractivity contribution is 6.00. The van der Waals surface area contributed by atoms with E-state index in [0.29, 0.717) is 42.2 Å². The van der Waals surface area contributed by atoms with Crippen LogP contribution in [0.2, 0.25) is 0 Å². The molecule has 1 aliphatic rings. The van der Waals surface area contributed by atoms with Crippen LogP contribution in [0, 0.1) is 0 Å². The summed E-state index contributed by atoms with van der Waals surface area (Å²) >= 11 is 0. The van der Waals surface area contributed by atoms with Gasteiger partial charge in [-0.25, -0.2) is 4.39 Å². The van der Waals surface area contributed by atoms with Crippen LogP contribution < -0.4 is 10.6 Å². The van der Waals surface area contributed by atoms with E-state index in [1.165, 1.54) is 12.4 Å². The first-order valence-electron chi connectivity index (χ1n) is 8.97. The fourth-order valence-corrected chi connectivity index (χ4v) is 3.35. The average Bonchev–Trinajstić information content (AvgIpc) is 2.69. The fourth-order valence-electron chi connectivity index (χ4n) is 3.35. The molecule has 0 aliphatic carbocycles. The van der Waals surface area contributed by atoms with Crippen LogP contribution in [0.4, 0.5) is 23.4 Å². The van der Waals surface area contributed by atoms with Gasteiger partial charge in [-0.2, -0.15) is 13.2 Å². The topological polar surface area (TPSA) is 83.0 Å². The maximum Gasteiger partial charge on any atom is 0.416 e. The Labute approximate surface area is 163 Å². The van der Waals surface area contributed by atoms with Gasteiger partial charge in [-0.3, -0.25) is 4.98 Å². The second-order valence-electron chi connectivity index (χ2n) is 6.81. The predicted octanol–water partition coefficient (Wildman–Crippen LogP) is 3.53. The summed E-state index contributed by atoms with van der Waals surface area (Å²) in [4.78, 5) is 4.06. The molecule has 3 N–H and O–H groups in total. The van der Waals surface area contributed by atoms with Gasteiger partial charge in [0, 0.05) is 35.3 Å². The monoisotopic (exact) mass is 407 g/mol. The first kappa shape index (κ1) is 19.3. The molecule has 0 spiro atoms. The number of hydrogen-bond acceptors (Lipinski definition) is 6. The van der Waals surface area contributed by atoms with E-state index >= 15 is 0 Å². The van der Waals surface area contributed by atoms with Crippen molar-refractivity contribution in [3.05, 3.63) is 42.2 Å². The van der Waals surface area contributed by atoms with Crippen molar-refractivity contribution in [1.82, 2.24) is 20.5 Å². The third-order valence-corrected chi connectivity index (χ3v) is 4.88. The van der Waals surface area contributed by atoms with Gasteiger partial charge in [0.2, 0.25) is 0 Å². The Balaban J connectivity index is 1.76. The number of phenolic OH excluding ortho intramolecular Hbond substituents is 1. The van der Waals surface area contributed by atoms with Crippen LogP contribution in [0.3, 0.4) is 0 Å². The zero-order valence-corrected chi connectivity index (χ0v) is 15.0. The molecular weight excluding hydrogens is 390 g/mol. The van der Waals surface area contributed by atoms with Crippen molar-refractivity contribution in [3.8, 4) is 17.0 Å². The number of halogens is 4. The van der Waals surface area contributed by atoms with Crippen LogP contribution in [0.5, 0.6) is 5.75 Å². The van der Waals surface area contributed by atoms with Crippen LogP contribution >= 0.6 is 0 Å². The molecule has 10 heteroatoms. The smallest absolute Gasteiger partial charge is 0.416 e. The Kier molecular flexibility index (Phi) is 4.95. The summed E-state index contributed by atoms with van der Waals surface area (Å²) in [5, 5.41) is 25.5. The number of pyridine rings is 1. The molecule has 1 fully saturated rings. The third-order valence-electron chi connectivity index (χ3n) is 4.88. The number of benzene rings is 1. The van der Waals surface area contributed by atoms with Gasteiger partial charge in [0.05, 0.1) is 11.6 Å². The zero-order valence-electron chi connectivity index (χ0n) is 15.0. The summed E-state index contributed by atoms with van der Waals surface area (Å²) in [6.45, 7) is 1.02. The lowest BCUT2D eigenvalue weighted by Gasteiger charge is -2.28. The highest BCUT2D eigenvalue weighted by Crippen LogP contribution is 2.38. The van der Waals surface area contributed by atoms with Crippen molar-refractivity contribution in [2.45, 2.75) is 24.8 Å². The molecule has 2 atom stereocenters. The van der Waals surface area contributed by atoms with Crippen molar-refractivity contribution < 1.29 is 22.7 Å². The summed E-state index contributed by atoms with van der Waals surface area (Å²) in [6, 6.07) is 3.80. The largest absolute Gasteiger partial charge is 0.507 e. The molecule has 1 aromatic carbocycles. The van der Waals surface area contributed by atoms with Gasteiger partial charge in [-0.05, 0) is 37.2 Å². The van der Waals surface area contributed by atoms with Crippen molar-refractivity contribution in [2.24, 2.45) is 0 Å². The van der Waals surface area contributed by atoms with E-state index in [1.54, 1.807) is 6.07 Å². The van der Waals surface area contributed by atoms with Crippen molar-refractivity contribution in [3.63, 3.8) is 0 Å². The van der Waals surface area contributed by atoms with Gasteiger partial charge < -0.3 is 15.7 Å². The molecule has 0 amide bonds. The Morgan fingerprint density at radius 3 is 2.69 bits per heavy atom. The second-order valence-corrected chi connectivity index (χ2v) is 6.81. The van der Waals surface area contributed by atoms with Crippen LogP contribution in [0.15, 0.2) is 36.7 Å². The molecule has 3 heterocycles. The van der Waals surface area contributed by atoms with E-state index in [1.807, 2.05) is 0 Å². The number of rotatable bonds is 3. The molecule has 4 rings (SSSR count). The highest BCUT2D eigenvalue weighted by Gasteiger charge is 2.31. The summed E-state index contributed by atoms with van der Waals surface area (Å²) in [5.41, 5.74) is -0.650. The SMILES string of the molecule is Oc1cc(C(F)(F)F)ccc1-c1nnc(N[C@H]2CNCC[C@H]2F)c2cnccc12. The van der Waals surface area contributed by atoms with E-state index < -0.39 is 29.7 Å². The summed E-state index contributed by atoms with van der Waals surface area (Å²) < 4.78 is 52.8. The van der Waals surface area contributed by atoms with Crippen LogP contribution in [0.25, 0.3) is 22.0 Å². The number of phenols is 1. The molecule has 2 aromatic heterocycles. The number of anilines is 1. The number of fused-ring (bicyclic) bond motifs is 1. The third kappa shape index (κ3) is 3.80. The molecule has 1 saturated heterocycles. The second kappa shape index (κ2) is 7.43. The van der Waals surface area contributed by atoms with Crippen LogP contribution in [-0.2, 0) is 6.18 Å². The minimum Gasteiger partial charge on any atom is -0.507 e. The van der Waals surface area contributed by atoms with Crippen molar-refractivity contribution in [1.29, 1.82) is 0 Å². The van der Waals surface area contributed by atoms with Gasteiger partial charge >= 0.3 is 6.18 Å². The number of alkyl halides is 4. The molecule has 152 valence electrons. The molecule has 1 aliphatic heterocycles. The highest BCUT2D eigenvalue weighted by atomic mass is 19.4. The first-order valence-corrected chi connectivity index (χ1v) is 8.97. The number of piperidine rings is 1. The minimum absolute atomic E-state index is 0.107. The fraction of sp³-hybridized carbons (Fsp3) is 0.316. The normalized spacial score (nSPS) is 20.0. The molecule has 0 bridgehead atoms. The molecule has 0 saturated carbocycles. The molecule has 6 nitrogen and oxygen atoms in total. The van der Waals surface area contributed by atoms with Crippen LogP contribution in [-0.4, -0.2) is 45.6 Å². The Morgan fingerprint density at radius 2 is 1.97 bits per heavy atom. The van der Waals surface area contributed by atoms with Crippen molar-refractivity contribution >= 4 is 16.6 Å². The zero-order chi connectivity index (χ0) is 20.6. The van der Waals surface area contributed by atoms with Crippen LogP contribution in [0.1, 0.15) is 12.0 Å². The maximum atomic E-state index is 14.2. The molecule has 0 unspecified atom stereocenters. The number of aromatic hydroxyl groups is 1. The van der Waals surface area contributed by atoms with E-state index in [9.17, 15) is 22.7 Å². The lowest BCUT2D eigenvalue weighted by molar-refractivity contribution is -0.137. The Hall–Kier alpha value is -3.01. The number of nitrogens with one attached hydrogen (secondary N) is 2. The molecule has 29 heavy (non-hydrogen) atoms. The van der Waals surface area contributed by atoms with E-state index in [2.05, 4.69) is 25.8 Å². The van der Waals surface area contributed by atoms with E-state index in [0.717, 1.165) is 12.1 Å². The Bertz CT molecular complexity index is 1040. The number of nitrogens with zero attached hydrogens (tertiary/aromatic N) is 3. The lowest BCUT2D eigenvalue weighted by Crippen LogP contribution is -2.46. The minimum atomic E-state index is -4.57. The molecule has 3 aromatic rings. The van der Waals surface area contributed by atoms with Gasteiger partial charge in [0.1, 0.15) is 17.6 Å². The van der Waals surface area contributed by atoms with Gasteiger partial charge in [0.15, 0.2) is 5.82 Å². The predicted molar refractivity (Wildman–Crippen MR) is 99.2 cm³/mol. The van der Waals surface area contributed by atoms with E-state index in [4.69, 9.17) is 0 Å². The lowest BCUT2D eigenvalue weighted by atomic mass is 10.0. The maximum absolute atomic E-state index is 14.2. The molecular formula is C19H17F4N5O. The van der Waals surface area contributed by atoms with Gasteiger partial charge in [-0.15, -0.1) is 10.2 Å². The van der Waals surface area contributed by atoms with Crippen molar-refractivity contribution in [2.75, 3.05) is 18.4 Å². The average molecular weight is 407 g/mol. The number of hydrogen-bond donors (Lipinski definition) is 3. The van der Waals surface area contributed by atoms with Gasteiger partial charge in [-0.1, -0.05) is 0 Å². The summed E-state index contributed by atoms with van der Waals surface area (Å²) in [5.74, 6) is -0.243. The first-order chi connectivity index (χ1) is 13.8. The Morgan fingerprint density at radius 1 is 1.14 bits per heavy atom. The standard InChI is InChI=1S/C19H17F4N5O/c20-14-4-6-25-9-15(14)26-18-13-8-24-5-3-11(13)17(27-28-18)12-2-1-10(7-16(12)29)19(21,22)23/h1-3,5,7-8,14-15,25,29H,4,6,9H2,(H,26,28)/t14-,15+/m1/s1. The van der Waals surface area contributed by atoms with Gasteiger partial charge in [0.25, 0.3) is 0 Å². The summed E-state index contributed by atoms with van der Waals surface area (Å²) in [7, 11) is 0. The molecule has 0 radical (unpaired) electrons. The number of aromatic nitrogens is 3. The summed E-state index contributed by atoms with van der Waals surface area (Å²) in [6.07, 6.45) is -2.24.